The molecule has 362 valence electrons. The van der Waals surface area contributed by atoms with Crippen molar-refractivity contribution in [1.82, 2.24) is 30.8 Å². The quantitative estimate of drug-likeness (QED) is 0.0292. The van der Waals surface area contributed by atoms with Gasteiger partial charge in [-0.1, -0.05) is 111 Å². The summed E-state index contributed by atoms with van der Waals surface area (Å²) in [6, 6.07) is 19.8. The molecule has 14 nitrogen and oxygen atoms in total. The lowest BCUT2D eigenvalue weighted by molar-refractivity contribution is -0.142. The van der Waals surface area contributed by atoms with Gasteiger partial charge in [-0.05, 0) is 67.5 Å². The van der Waals surface area contributed by atoms with Gasteiger partial charge in [-0.15, -0.1) is 0 Å². The molecule has 0 fully saturated rings. The van der Waals surface area contributed by atoms with E-state index in [-0.39, 0.29) is 42.9 Å². The highest BCUT2D eigenvalue weighted by atomic mass is 19.1. The van der Waals surface area contributed by atoms with Crippen LogP contribution < -0.4 is 27.0 Å². The summed E-state index contributed by atoms with van der Waals surface area (Å²) < 4.78 is 30.8. The normalized spacial score (nSPS) is 13.4. The molecule has 0 radical (unpaired) electrons. The highest BCUT2D eigenvalue weighted by Gasteiger charge is 2.31. The summed E-state index contributed by atoms with van der Waals surface area (Å²) in [5.41, 5.74) is 9.93. The Bertz CT molecular complexity index is 2420. The Labute approximate surface area is 396 Å². The number of nitrogens with zero attached hydrogens (tertiary/aromatic N) is 2. The number of imidazole rings is 1. The summed E-state index contributed by atoms with van der Waals surface area (Å²) in [5, 5.41) is 30.8. The molecular formula is C52H63F2N7O7. The number of benzene rings is 4. The fourth-order valence-corrected chi connectivity index (χ4v) is 7.82. The van der Waals surface area contributed by atoms with Gasteiger partial charge in [0.2, 0.25) is 23.6 Å². The number of rotatable bonds is 27. The minimum atomic E-state index is -1.38. The van der Waals surface area contributed by atoms with E-state index in [1.807, 2.05) is 25.1 Å². The molecule has 0 spiro atoms. The monoisotopic (exact) mass is 935 g/mol. The van der Waals surface area contributed by atoms with Gasteiger partial charge >= 0.3 is 5.97 Å². The molecule has 0 aliphatic rings. The molecule has 16 heteroatoms. The number of aromatic hydroxyl groups is 1. The van der Waals surface area contributed by atoms with Crippen LogP contribution in [0.1, 0.15) is 104 Å². The molecule has 0 saturated heterocycles. The third kappa shape index (κ3) is 16.4. The number of carbonyl (C=O) groups is 5. The number of carbonyl (C=O) groups excluding carboxylic acids is 4. The van der Waals surface area contributed by atoms with Gasteiger partial charge in [0.05, 0.1) is 24.1 Å². The number of phenolic OH excluding ortho intramolecular Hbond substituents is 1. The highest BCUT2D eigenvalue weighted by Crippen LogP contribution is 2.29. The first-order chi connectivity index (χ1) is 32.7. The average Bonchev–Trinajstić information content (AvgIpc) is 3.77. The number of carboxylic acid groups (broad SMARTS) is 1. The Kier molecular flexibility index (Phi) is 20.2. The van der Waals surface area contributed by atoms with Crippen LogP contribution in [0.2, 0.25) is 0 Å². The molecule has 0 aliphatic heterocycles. The van der Waals surface area contributed by atoms with Gasteiger partial charge in [-0.25, -0.2) is 18.6 Å². The molecule has 1 heterocycles. The summed E-state index contributed by atoms with van der Waals surface area (Å²) >= 11 is 0. The number of aryl methyl sites for hydroxylation is 1. The molecule has 0 aliphatic carbocycles. The molecule has 0 saturated carbocycles. The van der Waals surface area contributed by atoms with Crippen LogP contribution in [0.5, 0.6) is 5.75 Å². The zero-order valence-corrected chi connectivity index (χ0v) is 38.6. The number of hydrogen-bond acceptors (Lipinski definition) is 8. The molecule has 68 heavy (non-hydrogen) atoms. The van der Waals surface area contributed by atoms with Crippen molar-refractivity contribution in [3.8, 4) is 5.75 Å². The summed E-state index contributed by atoms with van der Waals surface area (Å²) in [6.07, 6.45) is 9.36. The number of unbranched alkanes of at least 4 members (excludes halogenated alkanes) is 5. The molecule has 1 aromatic heterocycles. The molecule has 8 N–H and O–H groups in total. The zero-order chi connectivity index (χ0) is 49.0. The van der Waals surface area contributed by atoms with E-state index in [1.165, 1.54) is 30.6 Å². The lowest BCUT2D eigenvalue weighted by Crippen LogP contribution is -2.58. The predicted molar refractivity (Wildman–Crippen MR) is 254 cm³/mol. The number of hydrogen-bond donors (Lipinski definition) is 7. The Morgan fingerprint density at radius 1 is 0.721 bits per heavy atom. The number of carboxylic acids is 1. The van der Waals surface area contributed by atoms with E-state index in [0.717, 1.165) is 43.7 Å². The lowest BCUT2D eigenvalue weighted by atomic mass is 9.98. The molecule has 5 atom stereocenters. The standard InChI is InChI=1S/C52H63F2N7O7/c1-3-4-5-6-10-16-47(63)56-27-12-11-15-44(50(65)59-45(28-35-19-17-34(2)18-20-35)51(66)60-46(52(67)68)29-36-21-24-40(62)25-22-36)58-49(64)43(55)31-39-32-61(33-57-39)48(37-13-8-7-9-14-37)41-26-23-38(53)30-42(41)54/h7-9,13-14,17-26,30,32-33,43-46,48,62H,3-6,10-12,15-16,27-29,31,55H2,1-2H3,(H,56,63)(H,58,64)(H,59,65)(H,60,66)(H,67,68)/t43-,44-,45+,46-,48?/m0/s1. The lowest BCUT2D eigenvalue weighted by Gasteiger charge is -2.25. The number of phenols is 1. The first-order valence-corrected chi connectivity index (χ1v) is 23.2. The van der Waals surface area contributed by atoms with E-state index in [1.54, 1.807) is 59.3 Å². The van der Waals surface area contributed by atoms with Crippen LogP contribution in [0.4, 0.5) is 8.78 Å². The van der Waals surface area contributed by atoms with Crippen molar-refractivity contribution >= 4 is 29.6 Å². The fourth-order valence-electron chi connectivity index (χ4n) is 7.82. The Morgan fingerprint density at radius 2 is 1.35 bits per heavy atom. The molecular weight excluding hydrogens is 873 g/mol. The van der Waals surface area contributed by atoms with Gasteiger partial charge in [-0.3, -0.25) is 19.2 Å². The second kappa shape index (κ2) is 26.4. The SMILES string of the molecule is CCCCCCCC(=O)NCCCC[C@H](NC(=O)[C@@H](N)Cc1cn(C(c2ccccc2)c2ccc(F)cc2F)cn1)C(=O)N[C@H](Cc1ccc(C)cc1)C(=O)N[C@@H](Cc1ccc(O)cc1)C(=O)O. The third-order valence-corrected chi connectivity index (χ3v) is 11.7. The van der Waals surface area contributed by atoms with Gasteiger partial charge in [0.15, 0.2) is 0 Å². The maximum absolute atomic E-state index is 15.2. The van der Waals surface area contributed by atoms with E-state index in [9.17, 15) is 38.6 Å². The largest absolute Gasteiger partial charge is 0.508 e. The number of aliphatic carboxylic acids is 1. The molecule has 4 aromatic carbocycles. The van der Waals surface area contributed by atoms with Crippen LogP contribution in [0.15, 0.2) is 110 Å². The van der Waals surface area contributed by atoms with Gasteiger partial charge in [-0.2, -0.15) is 0 Å². The van der Waals surface area contributed by atoms with Crippen molar-refractivity contribution < 1.29 is 43.0 Å². The van der Waals surface area contributed by atoms with E-state index >= 15 is 4.39 Å². The molecule has 0 bridgehead atoms. The van der Waals surface area contributed by atoms with E-state index in [2.05, 4.69) is 33.2 Å². The van der Waals surface area contributed by atoms with Crippen molar-refractivity contribution in [3.63, 3.8) is 0 Å². The van der Waals surface area contributed by atoms with Gasteiger partial charge in [0, 0.05) is 50.1 Å². The molecule has 5 aromatic rings. The van der Waals surface area contributed by atoms with Gasteiger partial charge in [0.1, 0.15) is 35.5 Å². The van der Waals surface area contributed by atoms with Crippen molar-refractivity contribution in [2.45, 2.75) is 121 Å². The number of amides is 4. The topological polar surface area (TPSA) is 218 Å². The Morgan fingerprint density at radius 3 is 2.03 bits per heavy atom. The smallest absolute Gasteiger partial charge is 0.326 e. The van der Waals surface area contributed by atoms with Crippen molar-refractivity contribution in [3.05, 3.63) is 155 Å². The summed E-state index contributed by atoms with van der Waals surface area (Å²) in [4.78, 5) is 71.5. The maximum atomic E-state index is 15.2. The minimum Gasteiger partial charge on any atom is -0.508 e. The van der Waals surface area contributed by atoms with Crippen LogP contribution in [-0.4, -0.2) is 80.1 Å². The Hall–Kier alpha value is -6.94. The molecule has 5 rings (SSSR count). The summed E-state index contributed by atoms with van der Waals surface area (Å²) in [7, 11) is 0. The van der Waals surface area contributed by atoms with E-state index in [0.29, 0.717) is 48.2 Å². The van der Waals surface area contributed by atoms with Gasteiger partial charge in [0.25, 0.3) is 0 Å². The van der Waals surface area contributed by atoms with Crippen molar-refractivity contribution in [2.24, 2.45) is 5.73 Å². The third-order valence-electron chi connectivity index (χ3n) is 11.7. The van der Waals surface area contributed by atoms with E-state index < -0.39 is 65.5 Å². The van der Waals surface area contributed by atoms with Crippen LogP contribution in [0.3, 0.4) is 0 Å². The predicted octanol–water partition coefficient (Wildman–Crippen LogP) is 6.35. The average molecular weight is 936 g/mol. The first kappa shape index (κ1) is 52.0. The van der Waals surface area contributed by atoms with Crippen LogP contribution >= 0.6 is 0 Å². The van der Waals surface area contributed by atoms with Gasteiger partial charge < -0.3 is 41.8 Å². The van der Waals surface area contributed by atoms with Crippen molar-refractivity contribution in [2.75, 3.05) is 6.54 Å². The van der Waals surface area contributed by atoms with E-state index in [4.69, 9.17) is 5.73 Å². The first-order valence-electron chi connectivity index (χ1n) is 23.2. The summed E-state index contributed by atoms with van der Waals surface area (Å²) in [5.74, 6) is -5.02. The second-order valence-corrected chi connectivity index (χ2v) is 17.2. The summed E-state index contributed by atoms with van der Waals surface area (Å²) in [6.45, 7) is 4.37. The van der Waals surface area contributed by atoms with Crippen molar-refractivity contribution in [1.29, 1.82) is 0 Å². The molecule has 1 unspecified atom stereocenters. The Balaban J connectivity index is 1.32. The fraction of sp³-hybridized carbons (Fsp3) is 0.385. The second-order valence-electron chi connectivity index (χ2n) is 17.2. The maximum Gasteiger partial charge on any atom is 0.326 e. The van der Waals surface area contributed by atoms with Crippen LogP contribution in [-0.2, 0) is 43.2 Å². The number of nitrogens with one attached hydrogen (secondary N) is 4. The number of nitrogens with two attached hydrogens (primary N) is 1. The zero-order valence-electron chi connectivity index (χ0n) is 38.6. The van der Waals surface area contributed by atoms with Crippen LogP contribution in [0, 0.1) is 18.6 Å². The highest BCUT2D eigenvalue weighted by molar-refractivity contribution is 5.94. The minimum absolute atomic E-state index is 0.00451. The van der Waals surface area contributed by atoms with Crippen LogP contribution in [0.25, 0.3) is 0 Å². The number of halogens is 2. The number of aromatic nitrogens is 2. The molecule has 4 amide bonds.